The minimum absolute atomic E-state index is 0.00283. The maximum atomic E-state index is 13.1. The molecule has 0 unspecified atom stereocenters. The highest BCUT2D eigenvalue weighted by Crippen LogP contribution is 2.67. The molecule has 0 radical (unpaired) electrons. The Bertz CT molecular complexity index is 1090. The molecule has 40 heavy (non-hydrogen) atoms. The molecule has 0 N–H and O–H groups in total. The number of allylic oxidation sites excluding steroid dienone is 1. The normalized spacial score (nSPS) is 35.9. The molecule has 3 fully saturated rings. The van der Waals surface area contributed by atoms with Gasteiger partial charge in [0, 0.05) is 17.1 Å². The van der Waals surface area contributed by atoms with E-state index in [0.717, 1.165) is 71.0 Å². The second-order valence-electron chi connectivity index (χ2n) is 14.8. The number of alkyl halides is 2. The fourth-order valence-electron chi connectivity index (χ4n) is 9.98. The number of hydrogen-bond donors (Lipinski definition) is 0. The maximum absolute atomic E-state index is 13.1. The summed E-state index contributed by atoms with van der Waals surface area (Å²) in [5, 5.41) is 1.53. The molecule has 0 aliphatic heterocycles. The first kappa shape index (κ1) is 30.8. The second-order valence-corrected chi connectivity index (χ2v) is 15.9. The third kappa shape index (κ3) is 5.80. The van der Waals surface area contributed by atoms with Crippen LogP contribution in [0.3, 0.4) is 0 Å². The minimum atomic E-state index is -0.167. The molecule has 4 aliphatic carbocycles. The summed E-state index contributed by atoms with van der Waals surface area (Å²) >= 11 is 7.12. The average molecular weight is 677 g/mol. The van der Waals surface area contributed by atoms with Gasteiger partial charge in [-0.3, -0.25) is 0 Å². The molecule has 1 aromatic rings. The Morgan fingerprint density at radius 2 is 1.75 bits per heavy atom. The van der Waals surface area contributed by atoms with Crippen LogP contribution in [0.25, 0.3) is 0 Å². The lowest BCUT2D eigenvalue weighted by Gasteiger charge is -2.58. The van der Waals surface area contributed by atoms with Gasteiger partial charge in [0.1, 0.15) is 6.10 Å². The third-order valence-electron chi connectivity index (χ3n) is 12.3. The minimum Gasteiger partial charge on any atom is -0.458 e. The number of carbonyl (C=O) groups excluding carboxylic acids is 1. The summed E-state index contributed by atoms with van der Waals surface area (Å²) in [6.07, 6.45) is 16.8. The smallest absolute Gasteiger partial charge is 0.338 e. The molecule has 222 valence electrons. The summed E-state index contributed by atoms with van der Waals surface area (Å²) in [6, 6.07) is 5.95. The van der Waals surface area contributed by atoms with E-state index in [1.54, 1.807) is 5.57 Å². The van der Waals surface area contributed by atoms with Crippen molar-refractivity contribution in [2.75, 3.05) is 0 Å². The van der Waals surface area contributed by atoms with Gasteiger partial charge in [-0.05, 0) is 115 Å². The summed E-state index contributed by atoms with van der Waals surface area (Å²) in [6.45, 7) is 12.6. The molecule has 0 spiro atoms. The Morgan fingerprint density at radius 1 is 0.975 bits per heavy atom. The summed E-state index contributed by atoms with van der Waals surface area (Å²) in [4.78, 5) is 13.1. The summed E-state index contributed by atoms with van der Waals surface area (Å²) < 4.78 is 6.15. The van der Waals surface area contributed by atoms with E-state index in [9.17, 15) is 4.79 Å². The first-order valence-electron chi connectivity index (χ1n) is 16.2. The highest BCUT2D eigenvalue weighted by atomic mass is 79.9. The molecule has 4 heteroatoms. The number of benzene rings is 1. The van der Waals surface area contributed by atoms with E-state index in [0.29, 0.717) is 11.0 Å². The number of halogens is 2. The number of esters is 1. The van der Waals surface area contributed by atoms with E-state index in [1.165, 1.54) is 56.9 Å². The van der Waals surface area contributed by atoms with Crippen molar-refractivity contribution in [2.24, 2.45) is 46.3 Å². The van der Waals surface area contributed by atoms with Gasteiger partial charge in [-0.25, -0.2) is 4.79 Å². The molecule has 1 aromatic carbocycles. The first-order valence-corrected chi connectivity index (χ1v) is 18.5. The molecular weight excluding hydrogens is 624 g/mol. The SMILES string of the molecule is CC(C)CCC[C@@H](C)[C@H]1CC[C@H]2[C@@H]3CC=C4C[C@H](OC(=O)c5ccc(CBr)c(CBr)c5)CC[C@]4(C)[C@H]3CC[C@]12C. The van der Waals surface area contributed by atoms with Gasteiger partial charge in [0.05, 0.1) is 5.56 Å². The van der Waals surface area contributed by atoms with Crippen molar-refractivity contribution in [3.05, 3.63) is 46.5 Å². The number of hydrogen-bond acceptors (Lipinski definition) is 2. The van der Waals surface area contributed by atoms with Crippen molar-refractivity contribution in [1.82, 2.24) is 0 Å². The van der Waals surface area contributed by atoms with Crippen molar-refractivity contribution in [2.45, 2.75) is 122 Å². The third-order valence-corrected chi connectivity index (χ3v) is 13.5. The first-order chi connectivity index (χ1) is 19.1. The lowest BCUT2D eigenvalue weighted by Crippen LogP contribution is -2.51. The van der Waals surface area contributed by atoms with Crippen LogP contribution < -0.4 is 0 Å². The maximum Gasteiger partial charge on any atom is 0.338 e. The van der Waals surface area contributed by atoms with Crippen LogP contribution in [-0.4, -0.2) is 12.1 Å². The predicted octanol–water partition coefficient (Wildman–Crippen LogP) is 11.0. The van der Waals surface area contributed by atoms with Gasteiger partial charge < -0.3 is 4.74 Å². The average Bonchev–Trinajstić information content (AvgIpc) is 3.29. The van der Waals surface area contributed by atoms with E-state index >= 15 is 0 Å². The van der Waals surface area contributed by atoms with Gasteiger partial charge in [-0.15, -0.1) is 0 Å². The zero-order valence-corrected chi connectivity index (χ0v) is 28.8. The highest BCUT2D eigenvalue weighted by Gasteiger charge is 2.59. The van der Waals surface area contributed by atoms with Crippen molar-refractivity contribution >= 4 is 37.8 Å². The summed E-state index contributed by atoms with van der Waals surface area (Å²) in [5.74, 6) is 4.97. The van der Waals surface area contributed by atoms with Crippen molar-refractivity contribution < 1.29 is 9.53 Å². The van der Waals surface area contributed by atoms with Gasteiger partial charge in [0.15, 0.2) is 0 Å². The van der Waals surface area contributed by atoms with E-state index < -0.39 is 0 Å². The topological polar surface area (TPSA) is 26.3 Å². The highest BCUT2D eigenvalue weighted by molar-refractivity contribution is 9.09. The lowest BCUT2D eigenvalue weighted by molar-refractivity contribution is -0.0594. The monoisotopic (exact) mass is 674 g/mol. The molecular formula is C36H52Br2O2. The standard InChI is InChI=1S/C36H52Br2O2/c1-23(2)7-6-8-24(3)31-13-14-32-30-12-11-28-20-29(15-17-35(28,4)33(30)16-18-36(31,32)5)40-34(39)25-9-10-26(21-37)27(19-25)22-38/h9-11,19,23-24,29-33H,6-8,12-18,20-22H2,1-5H3/t24-,29-,30+,31-,32+,33+,35+,36-/m1/s1. The van der Waals surface area contributed by atoms with Gasteiger partial charge in [-0.2, -0.15) is 0 Å². The second kappa shape index (κ2) is 12.6. The van der Waals surface area contributed by atoms with E-state index in [4.69, 9.17) is 4.74 Å². The number of ether oxygens (including phenoxy) is 1. The number of fused-ring (bicyclic) bond motifs is 5. The van der Waals surface area contributed by atoms with Crippen LogP contribution in [0.2, 0.25) is 0 Å². The van der Waals surface area contributed by atoms with E-state index in [1.807, 2.05) is 18.2 Å². The van der Waals surface area contributed by atoms with Crippen molar-refractivity contribution in [3.63, 3.8) is 0 Å². The van der Waals surface area contributed by atoms with Crippen LogP contribution in [0.4, 0.5) is 0 Å². The van der Waals surface area contributed by atoms with Crippen LogP contribution in [0.15, 0.2) is 29.8 Å². The van der Waals surface area contributed by atoms with Crippen LogP contribution in [0.5, 0.6) is 0 Å². The molecule has 4 aliphatic rings. The predicted molar refractivity (Wildman–Crippen MR) is 174 cm³/mol. The Morgan fingerprint density at radius 3 is 2.48 bits per heavy atom. The molecule has 0 aromatic heterocycles. The van der Waals surface area contributed by atoms with Crippen LogP contribution in [-0.2, 0) is 15.4 Å². The van der Waals surface area contributed by atoms with Crippen molar-refractivity contribution in [3.8, 4) is 0 Å². The van der Waals surface area contributed by atoms with Crippen LogP contribution in [0.1, 0.15) is 127 Å². The van der Waals surface area contributed by atoms with Gasteiger partial charge in [0.2, 0.25) is 0 Å². The molecule has 5 rings (SSSR count). The Hall–Kier alpha value is -0.610. The quantitative estimate of drug-likeness (QED) is 0.148. The zero-order chi connectivity index (χ0) is 28.7. The molecule has 0 amide bonds. The van der Waals surface area contributed by atoms with Gasteiger partial charge in [-0.1, -0.05) is 103 Å². The van der Waals surface area contributed by atoms with Gasteiger partial charge in [0.25, 0.3) is 0 Å². The van der Waals surface area contributed by atoms with Crippen LogP contribution in [0, 0.1) is 46.3 Å². The Kier molecular flexibility index (Phi) is 9.68. The summed E-state index contributed by atoms with van der Waals surface area (Å²) in [7, 11) is 0. The van der Waals surface area contributed by atoms with E-state index in [2.05, 4.69) is 72.6 Å². The number of carbonyl (C=O) groups is 1. The molecule has 3 saturated carbocycles. The lowest BCUT2D eigenvalue weighted by atomic mass is 9.47. The van der Waals surface area contributed by atoms with Crippen LogP contribution >= 0.6 is 31.9 Å². The van der Waals surface area contributed by atoms with Crippen molar-refractivity contribution in [1.29, 1.82) is 0 Å². The Balaban J connectivity index is 1.24. The zero-order valence-electron chi connectivity index (χ0n) is 25.6. The molecule has 0 bridgehead atoms. The summed E-state index contributed by atoms with van der Waals surface area (Å²) in [5.41, 5.74) is 5.44. The van der Waals surface area contributed by atoms with Gasteiger partial charge >= 0.3 is 5.97 Å². The number of rotatable bonds is 9. The molecule has 8 atom stereocenters. The molecule has 0 saturated heterocycles. The largest absolute Gasteiger partial charge is 0.458 e. The van der Waals surface area contributed by atoms with E-state index in [-0.39, 0.29) is 17.5 Å². The fraction of sp³-hybridized carbons (Fsp3) is 0.750. The fourth-order valence-corrected chi connectivity index (χ4v) is 11.0. The molecule has 2 nitrogen and oxygen atoms in total. The molecule has 0 heterocycles. The Labute approximate surface area is 261 Å².